The second-order valence-electron chi connectivity index (χ2n) is 4.10. The molecule has 2 aromatic carbocycles. The van der Waals surface area contributed by atoms with Gasteiger partial charge in [0.25, 0.3) is 5.92 Å². The predicted octanol–water partition coefficient (Wildman–Crippen LogP) is 4.03. The van der Waals surface area contributed by atoms with Crippen molar-refractivity contribution in [3.8, 4) is 5.75 Å². The molecule has 0 aliphatic carbocycles. The predicted molar refractivity (Wildman–Crippen MR) is 67.0 cm³/mol. The standard InChI is InChI=1S/C15H14F2O/c1-18-14-9-7-12(8-10-14)11-15(16,17)13-5-3-2-4-6-13/h2-10H,11H2,1H3. The van der Waals surface area contributed by atoms with Crippen molar-refractivity contribution >= 4 is 0 Å². The Hall–Kier alpha value is -1.90. The van der Waals surface area contributed by atoms with Crippen LogP contribution in [0.1, 0.15) is 11.1 Å². The molecular weight excluding hydrogens is 234 g/mol. The molecule has 0 aliphatic rings. The molecule has 0 unspecified atom stereocenters. The van der Waals surface area contributed by atoms with Crippen molar-refractivity contribution in [2.45, 2.75) is 12.3 Å². The molecule has 0 aromatic heterocycles. The highest BCUT2D eigenvalue weighted by Gasteiger charge is 2.31. The van der Waals surface area contributed by atoms with Crippen molar-refractivity contribution in [3.63, 3.8) is 0 Å². The smallest absolute Gasteiger partial charge is 0.277 e. The van der Waals surface area contributed by atoms with Gasteiger partial charge in [0, 0.05) is 12.0 Å². The van der Waals surface area contributed by atoms with Crippen LogP contribution < -0.4 is 4.74 Å². The van der Waals surface area contributed by atoms with Gasteiger partial charge in [-0.3, -0.25) is 0 Å². The fraction of sp³-hybridized carbons (Fsp3) is 0.200. The first-order valence-electron chi connectivity index (χ1n) is 5.68. The quantitative estimate of drug-likeness (QED) is 0.793. The Morgan fingerprint density at radius 2 is 1.56 bits per heavy atom. The van der Waals surface area contributed by atoms with Gasteiger partial charge in [-0.2, -0.15) is 0 Å². The van der Waals surface area contributed by atoms with E-state index in [4.69, 9.17) is 4.74 Å². The lowest BCUT2D eigenvalue weighted by Crippen LogP contribution is -2.16. The minimum absolute atomic E-state index is 0.0424. The molecule has 0 radical (unpaired) electrons. The van der Waals surface area contributed by atoms with Crippen LogP contribution >= 0.6 is 0 Å². The Labute approximate surface area is 105 Å². The van der Waals surface area contributed by atoms with Crippen molar-refractivity contribution < 1.29 is 13.5 Å². The van der Waals surface area contributed by atoms with Gasteiger partial charge in [0.05, 0.1) is 7.11 Å². The zero-order chi connectivity index (χ0) is 13.0. The third-order valence-corrected chi connectivity index (χ3v) is 2.78. The number of rotatable bonds is 4. The Bertz CT molecular complexity index is 492. The van der Waals surface area contributed by atoms with Gasteiger partial charge < -0.3 is 4.74 Å². The van der Waals surface area contributed by atoms with Crippen LogP contribution in [0.25, 0.3) is 0 Å². The average molecular weight is 248 g/mol. The van der Waals surface area contributed by atoms with E-state index in [1.807, 2.05) is 0 Å². The van der Waals surface area contributed by atoms with Gasteiger partial charge in [0.1, 0.15) is 5.75 Å². The minimum atomic E-state index is -2.85. The van der Waals surface area contributed by atoms with Crippen LogP contribution in [0.4, 0.5) is 8.78 Å². The lowest BCUT2D eigenvalue weighted by molar-refractivity contribution is -0.00383. The van der Waals surface area contributed by atoms with Gasteiger partial charge in [0.15, 0.2) is 0 Å². The van der Waals surface area contributed by atoms with E-state index in [2.05, 4.69) is 0 Å². The van der Waals surface area contributed by atoms with Crippen molar-refractivity contribution in [3.05, 3.63) is 65.7 Å². The molecule has 0 bridgehead atoms. The third kappa shape index (κ3) is 2.86. The molecule has 0 spiro atoms. The highest BCUT2D eigenvalue weighted by molar-refractivity contribution is 5.30. The molecule has 0 saturated carbocycles. The Morgan fingerprint density at radius 3 is 2.11 bits per heavy atom. The molecule has 2 rings (SSSR count). The molecular formula is C15H14F2O. The first kappa shape index (κ1) is 12.6. The molecule has 0 fully saturated rings. The van der Waals surface area contributed by atoms with E-state index in [1.54, 1.807) is 49.6 Å². The summed E-state index contributed by atoms with van der Waals surface area (Å²) < 4.78 is 33.0. The Kier molecular flexibility index (Phi) is 3.60. The summed E-state index contributed by atoms with van der Waals surface area (Å²) in [6, 6.07) is 14.6. The van der Waals surface area contributed by atoms with E-state index in [1.165, 1.54) is 12.1 Å². The molecule has 0 atom stereocenters. The minimum Gasteiger partial charge on any atom is -0.497 e. The van der Waals surface area contributed by atoms with Crippen molar-refractivity contribution in [1.82, 2.24) is 0 Å². The molecule has 0 N–H and O–H groups in total. The number of hydrogen-bond acceptors (Lipinski definition) is 1. The second-order valence-corrected chi connectivity index (χ2v) is 4.10. The highest BCUT2D eigenvalue weighted by Crippen LogP contribution is 2.32. The first-order valence-corrected chi connectivity index (χ1v) is 5.68. The van der Waals surface area contributed by atoms with E-state index < -0.39 is 5.92 Å². The summed E-state index contributed by atoms with van der Waals surface area (Å²) in [5, 5.41) is 0. The lowest BCUT2D eigenvalue weighted by Gasteiger charge is -2.16. The van der Waals surface area contributed by atoms with Gasteiger partial charge in [-0.1, -0.05) is 42.5 Å². The topological polar surface area (TPSA) is 9.23 Å². The van der Waals surface area contributed by atoms with Gasteiger partial charge in [-0.15, -0.1) is 0 Å². The molecule has 0 aliphatic heterocycles. The molecule has 94 valence electrons. The molecule has 0 heterocycles. The number of methoxy groups -OCH3 is 1. The second kappa shape index (κ2) is 5.17. The maximum absolute atomic E-state index is 14.0. The zero-order valence-corrected chi connectivity index (χ0v) is 10.1. The van der Waals surface area contributed by atoms with Gasteiger partial charge in [-0.05, 0) is 17.7 Å². The SMILES string of the molecule is COc1ccc(CC(F)(F)c2ccccc2)cc1. The summed E-state index contributed by atoms with van der Waals surface area (Å²) in [6.07, 6.45) is -0.305. The summed E-state index contributed by atoms with van der Waals surface area (Å²) in [7, 11) is 1.55. The maximum atomic E-state index is 14.0. The van der Waals surface area contributed by atoms with E-state index in [-0.39, 0.29) is 12.0 Å². The Balaban J connectivity index is 2.16. The summed E-state index contributed by atoms with van der Waals surface area (Å²) in [5.41, 5.74) is 0.630. The molecule has 0 amide bonds. The summed E-state index contributed by atoms with van der Waals surface area (Å²) >= 11 is 0. The molecule has 0 saturated heterocycles. The maximum Gasteiger partial charge on any atom is 0.277 e. The van der Waals surface area contributed by atoms with Crippen LogP contribution in [0, 0.1) is 0 Å². The largest absolute Gasteiger partial charge is 0.497 e. The molecule has 18 heavy (non-hydrogen) atoms. The van der Waals surface area contributed by atoms with Crippen LogP contribution in [0.3, 0.4) is 0 Å². The highest BCUT2D eigenvalue weighted by atomic mass is 19.3. The fourth-order valence-corrected chi connectivity index (χ4v) is 1.78. The summed E-state index contributed by atoms with van der Waals surface area (Å²) in [5.74, 6) is -2.18. The van der Waals surface area contributed by atoms with Crippen molar-refractivity contribution in [1.29, 1.82) is 0 Å². The molecule has 2 aromatic rings. The number of ether oxygens (including phenoxy) is 1. The van der Waals surface area contributed by atoms with Crippen molar-refractivity contribution in [2.24, 2.45) is 0 Å². The number of hydrogen-bond donors (Lipinski definition) is 0. The fourth-order valence-electron chi connectivity index (χ4n) is 1.78. The van der Waals surface area contributed by atoms with Crippen LogP contribution in [0.2, 0.25) is 0 Å². The number of benzene rings is 2. The van der Waals surface area contributed by atoms with E-state index in [9.17, 15) is 8.78 Å². The van der Waals surface area contributed by atoms with Gasteiger partial charge in [0.2, 0.25) is 0 Å². The van der Waals surface area contributed by atoms with Crippen molar-refractivity contribution in [2.75, 3.05) is 7.11 Å². The van der Waals surface area contributed by atoms with E-state index in [0.717, 1.165) is 0 Å². The van der Waals surface area contributed by atoms with E-state index in [0.29, 0.717) is 11.3 Å². The van der Waals surface area contributed by atoms with E-state index >= 15 is 0 Å². The third-order valence-electron chi connectivity index (χ3n) is 2.78. The first-order chi connectivity index (χ1) is 8.62. The lowest BCUT2D eigenvalue weighted by atomic mass is 10.0. The molecule has 3 heteroatoms. The summed E-state index contributed by atoms with van der Waals surface area (Å²) in [4.78, 5) is 0. The van der Waals surface area contributed by atoms with Crippen LogP contribution in [0.5, 0.6) is 5.75 Å². The van der Waals surface area contributed by atoms with Gasteiger partial charge in [-0.25, -0.2) is 8.78 Å². The van der Waals surface area contributed by atoms with Crippen LogP contribution in [0.15, 0.2) is 54.6 Å². The number of halogens is 2. The Morgan fingerprint density at radius 1 is 0.944 bits per heavy atom. The zero-order valence-electron chi connectivity index (χ0n) is 10.1. The number of alkyl halides is 2. The molecule has 1 nitrogen and oxygen atoms in total. The van der Waals surface area contributed by atoms with Gasteiger partial charge >= 0.3 is 0 Å². The van der Waals surface area contributed by atoms with Crippen LogP contribution in [-0.2, 0) is 12.3 Å². The normalized spacial score (nSPS) is 11.3. The summed E-state index contributed by atoms with van der Waals surface area (Å²) in [6.45, 7) is 0. The monoisotopic (exact) mass is 248 g/mol. The average Bonchev–Trinajstić information content (AvgIpc) is 2.40. The van der Waals surface area contributed by atoms with Crippen LogP contribution in [-0.4, -0.2) is 7.11 Å².